The molecule has 0 fully saturated rings. The van der Waals surface area contributed by atoms with Crippen LogP contribution in [-0.2, 0) is 27.8 Å². The summed E-state index contributed by atoms with van der Waals surface area (Å²) < 4.78 is 31.9. The van der Waals surface area contributed by atoms with Crippen molar-refractivity contribution in [3.8, 4) is 5.75 Å². The van der Waals surface area contributed by atoms with Crippen molar-refractivity contribution in [1.82, 2.24) is 9.62 Å². The number of carbonyl (C=O) groups is 1. The molecule has 2 N–H and O–H groups in total. The van der Waals surface area contributed by atoms with Crippen molar-refractivity contribution in [3.63, 3.8) is 0 Å². The van der Waals surface area contributed by atoms with E-state index in [4.69, 9.17) is 4.74 Å². The first-order valence-electron chi connectivity index (χ1n) is 8.52. The molecule has 0 spiro atoms. The van der Waals surface area contributed by atoms with Crippen molar-refractivity contribution < 1.29 is 23.1 Å². The van der Waals surface area contributed by atoms with Crippen molar-refractivity contribution >= 4 is 15.9 Å². The molecule has 0 aliphatic carbocycles. The molecule has 3 rings (SSSR count). The summed E-state index contributed by atoms with van der Waals surface area (Å²) in [5.41, 5.74) is 1.94. The third kappa shape index (κ3) is 3.83. The number of carbonyl (C=O) groups excluding carboxylic acids is 1. The first kappa shape index (κ1) is 19.3. The van der Waals surface area contributed by atoms with Crippen molar-refractivity contribution in [1.29, 1.82) is 0 Å². The van der Waals surface area contributed by atoms with E-state index in [1.54, 1.807) is 47.4 Å². The van der Waals surface area contributed by atoms with Gasteiger partial charge in [-0.2, -0.15) is 0 Å². The van der Waals surface area contributed by atoms with Crippen LogP contribution < -0.4 is 9.46 Å². The van der Waals surface area contributed by atoms with Crippen molar-refractivity contribution in [2.24, 2.45) is 0 Å². The normalized spacial score (nSPS) is 15.1. The number of hydrogen-bond donors (Lipinski definition) is 2. The number of fused-ring (bicyclic) bond motifs is 1. The van der Waals surface area contributed by atoms with E-state index < -0.39 is 22.0 Å². The molecule has 1 atom stereocenters. The van der Waals surface area contributed by atoms with Crippen LogP contribution in [0.25, 0.3) is 0 Å². The standard InChI is InChI=1S/C19H22N2O5S/c1-20-27(24,25)17-8-4-6-14-12-21(10-9-16(14)17)19(23)18(22)13-5-3-7-15(11-13)26-2/h3-8,11,18,20,22H,9-10,12H2,1-2H3. The molecule has 7 nitrogen and oxygen atoms in total. The Labute approximate surface area is 158 Å². The number of sulfonamides is 1. The topological polar surface area (TPSA) is 95.9 Å². The zero-order chi connectivity index (χ0) is 19.6. The first-order valence-corrected chi connectivity index (χ1v) is 10.0. The summed E-state index contributed by atoms with van der Waals surface area (Å²) >= 11 is 0. The predicted octanol–water partition coefficient (Wildman–Crippen LogP) is 1.22. The van der Waals surface area contributed by atoms with E-state index in [-0.39, 0.29) is 11.4 Å². The van der Waals surface area contributed by atoms with E-state index >= 15 is 0 Å². The van der Waals surface area contributed by atoms with Gasteiger partial charge in [-0.3, -0.25) is 4.79 Å². The largest absolute Gasteiger partial charge is 0.497 e. The van der Waals surface area contributed by atoms with Crippen LogP contribution in [0.5, 0.6) is 5.75 Å². The highest BCUT2D eigenvalue weighted by Gasteiger charge is 2.29. The molecule has 2 aromatic carbocycles. The molecule has 27 heavy (non-hydrogen) atoms. The van der Waals surface area contributed by atoms with Crippen LogP contribution >= 0.6 is 0 Å². The van der Waals surface area contributed by atoms with Gasteiger partial charge >= 0.3 is 0 Å². The molecule has 0 aromatic heterocycles. The summed E-state index contributed by atoms with van der Waals surface area (Å²) in [6.45, 7) is 0.589. The number of rotatable bonds is 5. The van der Waals surface area contributed by atoms with Crippen LogP contribution in [0.4, 0.5) is 0 Å². The highest BCUT2D eigenvalue weighted by atomic mass is 32.2. The Morgan fingerprint density at radius 2 is 2.00 bits per heavy atom. The first-order chi connectivity index (χ1) is 12.9. The Kier molecular flexibility index (Phi) is 5.50. The zero-order valence-corrected chi connectivity index (χ0v) is 16.0. The van der Waals surface area contributed by atoms with Crippen molar-refractivity contribution in [2.45, 2.75) is 24.0 Å². The van der Waals surface area contributed by atoms with E-state index in [1.807, 2.05) is 0 Å². The number of aliphatic hydroxyl groups is 1. The molecular weight excluding hydrogens is 368 g/mol. The van der Waals surface area contributed by atoms with Crippen LogP contribution in [-0.4, -0.2) is 45.0 Å². The summed E-state index contributed by atoms with van der Waals surface area (Å²) in [5.74, 6) is 0.140. The number of hydrogen-bond acceptors (Lipinski definition) is 5. The van der Waals surface area contributed by atoms with Crippen molar-refractivity contribution in [3.05, 3.63) is 59.2 Å². The van der Waals surface area contributed by atoms with Crippen LogP contribution in [0.1, 0.15) is 22.8 Å². The van der Waals surface area contributed by atoms with Gasteiger partial charge in [0.2, 0.25) is 10.0 Å². The van der Waals surface area contributed by atoms with E-state index in [9.17, 15) is 18.3 Å². The highest BCUT2D eigenvalue weighted by molar-refractivity contribution is 7.89. The molecule has 0 radical (unpaired) electrons. The van der Waals surface area contributed by atoms with Crippen LogP contribution in [0, 0.1) is 0 Å². The fourth-order valence-corrected chi connectivity index (χ4v) is 4.29. The van der Waals surface area contributed by atoms with Gasteiger partial charge in [-0.15, -0.1) is 0 Å². The highest BCUT2D eigenvalue weighted by Crippen LogP contribution is 2.28. The lowest BCUT2D eigenvalue weighted by molar-refractivity contribution is -0.141. The number of amides is 1. The van der Waals surface area contributed by atoms with E-state index in [1.165, 1.54) is 14.2 Å². The minimum Gasteiger partial charge on any atom is -0.497 e. The molecule has 1 aliphatic rings. The Hall–Kier alpha value is -2.42. The Balaban J connectivity index is 1.83. The Morgan fingerprint density at radius 1 is 1.26 bits per heavy atom. The number of nitrogens with one attached hydrogen (secondary N) is 1. The molecule has 1 amide bonds. The van der Waals surface area contributed by atoms with Gasteiger partial charge in [0.1, 0.15) is 5.75 Å². The summed E-state index contributed by atoms with van der Waals surface area (Å²) in [7, 11) is -0.669. The average molecular weight is 390 g/mol. The van der Waals surface area contributed by atoms with E-state index in [0.717, 1.165) is 5.56 Å². The quantitative estimate of drug-likeness (QED) is 0.800. The van der Waals surface area contributed by atoms with E-state index in [2.05, 4.69) is 4.72 Å². The Bertz CT molecular complexity index is 958. The summed E-state index contributed by atoms with van der Waals surface area (Å²) in [6, 6.07) is 11.8. The number of benzene rings is 2. The van der Waals surface area contributed by atoms with Crippen LogP contribution in [0.3, 0.4) is 0 Å². The fraction of sp³-hybridized carbons (Fsp3) is 0.316. The molecule has 0 saturated carbocycles. The van der Waals surface area contributed by atoms with Gasteiger partial charge in [-0.1, -0.05) is 24.3 Å². The maximum Gasteiger partial charge on any atom is 0.256 e. The monoisotopic (exact) mass is 390 g/mol. The fourth-order valence-electron chi connectivity index (χ4n) is 3.25. The van der Waals surface area contributed by atoms with Gasteiger partial charge in [0.25, 0.3) is 5.91 Å². The molecule has 0 saturated heterocycles. The van der Waals surface area contributed by atoms with E-state index in [0.29, 0.717) is 29.8 Å². The number of ether oxygens (including phenoxy) is 1. The lowest BCUT2D eigenvalue weighted by Gasteiger charge is -2.31. The Morgan fingerprint density at radius 3 is 2.70 bits per heavy atom. The number of nitrogens with zero attached hydrogens (tertiary/aromatic N) is 1. The number of aliphatic hydroxyl groups excluding tert-OH is 1. The van der Waals surface area contributed by atoms with Crippen molar-refractivity contribution in [2.75, 3.05) is 20.7 Å². The molecule has 1 heterocycles. The van der Waals surface area contributed by atoms with Crippen LogP contribution in [0.15, 0.2) is 47.4 Å². The third-order valence-electron chi connectivity index (χ3n) is 4.74. The molecule has 0 bridgehead atoms. The van der Waals surface area contributed by atoms with Gasteiger partial charge in [0.15, 0.2) is 6.10 Å². The predicted molar refractivity (Wildman–Crippen MR) is 99.8 cm³/mol. The lowest BCUT2D eigenvalue weighted by Crippen LogP contribution is -2.39. The van der Waals surface area contributed by atoms with Crippen LogP contribution in [0.2, 0.25) is 0 Å². The smallest absolute Gasteiger partial charge is 0.256 e. The number of methoxy groups -OCH3 is 1. The molecule has 1 unspecified atom stereocenters. The molecule has 8 heteroatoms. The lowest BCUT2D eigenvalue weighted by atomic mass is 9.98. The maximum atomic E-state index is 12.8. The second-order valence-electron chi connectivity index (χ2n) is 6.29. The van der Waals surface area contributed by atoms with Gasteiger partial charge in [0.05, 0.1) is 12.0 Å². The summed E-state index contributed by atoms with van der Waals surface area (Å²) in [4.78, 5) is 14.5. The summed E-state index contributed by atoms with van der Waals surface area (Å²) in [6.07, 6.45) is -0.894. The van der Waals surface area contributed by atoms with Gasteiger partial charge in [-0.25, -0.2) is 13.1 Å². The van der Waals surface area contributed by atoms with Gasteiger partial charge in [-0.05, 0) is 48.4 Å². The zero-order valence-electron chi connectivity index (χ0n) is 15.2. The molecule has 1 aliphatic heterocycles. The second kappa shape index (κ2) is 7.67. The average Bonchev–Trinajstić information content (AvgIpc) is 2.71. The van der Waals surface area contributed by atoms with Gasteiger partial charge < -0.3 is 14.7 Å². The SMILES string of the molecule is CNS(=O)(=O)c1cccc2c1CCN(C(=O)C(O)c1cccc(OC)c1)C2. The molecular formula is C19H22N2O5S. The third-order valence-corrected chi connectivity index (χ3v) is 6.24. The second-order valence-corrected chi connectivity index (χ2v) is 8.15. The van der Waals surface area contributed by atoms with Gasteiger partial charge in [0, 0.05) is 13.1 Å². The minimum absolute atomic E-state index is 0.239. The minimum atomic E-state index is -3.56. The molecule has 144 valence electrons. The molecule has 2 aromatic rings. The maximum absolute atomic E-state index is 12.8. The summed E-state index contributed by atoms with van der Waals surface area (Å²) in [5, 5.41) is 10.5.